The van der Waals surface area contributed by atoms with Gasteiger partial charge in [-0.05, 0) is 37.1 Å². The molecule has 0 spiro atoms. The van der Waals surface area contributed by atoms with Crippen molar-refractivity contribution in [1.82, 2.24) is 0 Å². The standard InChI is InChI=1S/C15H18O5/c1-10(17)15(14(20)8-9-16)13(19)7-4-11-2-5-12(18)6-3-11/h2-3,5-6,8,16-18,20H,4,7,9H2,1H3/b14-8+,15-10+. The number of ketones is 1. The summed E-state index contributed by atoms with van der Waals surface area (Å²) in [4.78, 5) is 12.0. The van der Waals surface area contributed by atoms with Gasteiger partial charge in [-0.1, -0.05) is 12.1 Å². The van der Waals surface area contributed by atoms with E-state index in [1.54, 1.807) is 12.1 Å². The van der Waals surface area contributed by atoms with Crippen molar-refractivity contribution in [3.05, 3.63) is 53.0 Å². The number of rotatable bonds is 6. The molecule has 0 bridgehead atoms. The summed E-state index contributed by atoms with van der Waals surface area (Å²) in [6.45, 7) is 0.878. The quantitative estimate of drug-likeness (QED) is 0.363. The van der Waals surface area contributed by atoms with Crippen LogP contribution in [0.5, 0.6) is 5.75 Å². The van der Waals surface area contributed by atoms with Gasteiger partial charge in [0.1, 0.15) is 17.3 Å². The van der Waals surface area contributed by atoms with Gasteiger partial charge in [0.15, 0.2) is 5.78 Å². The number of allylic oxidation sites excluding steroid dienone is 2. The van der Waals surface area contributed by atoms with Gasteiger partial charge in [-0.3, -0.25) is 4.79 Å². The average Bonchev–Trinajstić information content (AvgIpc) is 2.38. The van der Waals surface area contributed by atoms with E-state index in [4.69, 9.17) is 10.2 Å². The van der Waals surface area contributed by atoms with Crippen molar-refractivity contribution in [3.8, 4) is 5.75 Å². The number of aliphatic hydroxyl groups excluding tert-OH is 3. The zero-order chi connectivity index (χ0) is 15.1. The van der Waals surface area contributed by atoms with Gasteiger partial charge >= 0.3 is 0 Å². The Balaban J connectivity index is 2.76. The monoisotopic (exact) mass is 278 g/mol. The van der Waals surface area contributed by atoms with Crippen molar-refractivity contribution in [2.45, 2.75) is 19.8 Å². The molecule has 0 aliphatic rings. The predicted octanol–water partition coefficient (Wildman–Crippen LogP) is 2.16. The zero-order valence-electron chi connectivity index (χ0n) is 11.2. The number of hydrogen-bond acceptors (Lipinski definition) is 5. The highest BCUT2D eigenvalue weighted by Crippen LogP contribution is 2.17. The second-order valence-electron chi connectivity index (χ2n) is 4.32. The van der Waals surface area contributed by atoms with Crippen molar-refractivity contribution in [1.29, 1.82) is 0 Å². The van der Waals surface area contributed by atoms with E-state index in [1.165, 1.54) is 19.1 Å². The van der Waals surface area contributed by atoms with Crippen LogP contribution >= 0.6 is 0 Å². The molecule has 5 heteroatoms. The maximum atomic E-state index is 12.0. The molecule has 0 unspecified atom stereocenters. The fourth-order valence-corrected chi connectivity index (χ4v) is 1.76. The minimum atomic E-state index is -0.428. The second kappa shape index (κ2) is 7.35. The van der Waals surface area contributed by atoms with Crippen molar-refractivity contribution in [3.63, 3.8) is 0 Å². The number of aryl methyl sites for hydroxylation is 1. The Kier molecular flexibility index (Phi) is 5.80. The third kappa shape index (κ3) is 4.44. The van der Waals surface area contributed by atoms with E-state index in [0.717, 1.165) is 11.6 Å². The molecule has 0 aliphatic heterocycles. The van der Waals surface area contributed by atoms with Gasteiger partial charge in [-0.15, -0.1) is 0 Å². The molecule has 1 aromatic rings. The smallest absolute Gasteiger partial charge is 0.170 e. The van der Waals surface area contributed by atoms with Gasteiger partial charge in [-0.25, -0.2) is 0 Å². The first-order valence-electron chi connectivity index (χ1n) is 6.17. The van der Waals surface area contributed by atoms with E-state index in [2.05, 4.69) is 0 Å². The highest BCUT2D eigenvalue weighted by Gasteiger charge is 2.17. The molecule has 1 aromatic carbocycles. The van der Waals surface area contributed by atoms with Crippen LogP contribution in [-0.4, -0.2) is 32.8 Å². The van der Waals surface area contributed by atoms with E-state index in [9.17, 15) is 15.0 Å². The largest absolute Gasteiger partial charge is 0.512 e. The number of aliphatic hydroxyl groups is 3. The molecule has 0 aliphatic carbocycles. The Hall–Kier alpha value is -2.27. The Morgan fingerprint density at radius 2 is 1.80 bits per heavy atom. The number of carbonyl (C=O) groups is 1. The van der Waals surface area contributed by atoms with Crippen LogP contribution in [0.3, 0.4) is 0 Å². The van der Waals surface area contributed by atoms with E-state index in [-0.39, 0.29) is 23.5 Å². The maximum absolute atomic E-state index is 12.0. The van der Waals surface area contributed by atoms with E-state index in [0.29, 0.717) is 6.42 Å². The fraction of sp³-hybridized carbons (Fsp3) is 0.267. The summed E-state index contributed by atoms with van der Waals surface area (Å²) in [7, 11) is 0. The van der Waals surface area contributed by atoms with Gasteiger partial charge in [0.25, 0.3) is 0 Å². The first-order chi connectivity index (χ1) is 9.45. The van der Waals surface area contributed by atoms with Gasteiger partial charge in [0, 0.05) is 6.42 Å². The molecule has 0 radical (unpaired) electrons. The van der Waals surface area contributed by atoms with Gasteiger partial charge in [0.05, 0.1) is 12.2 Å². The normalized spacial score (nSPS) is 13.0. The molecule has 0 atom stereocenters. The van der Waals surface area contributed by atoms with Crippen molar-refractivity contribution >= 4 is 5.78 Å². The topological polar surface area (TPSA) is 98.0 Å². The lowest BCUT2D eigenvalue weighted by atomic mass is 10.0. The molecular formula is C15H18O5. The van der Waals surface area contributed by atoms with E-state index < -0.39 is 18.1 Å². The molecule has 108 valence electrons. The summed E-state index contributed by atoms with van der Waals surface area (Å²) >= 11 is 0. The van der Waals surface area contributed by atoms with Crippen LogP contribution in [-0.2, 0) is 11.2 Å². The number of phenolic OH excluding ortho intramolecular Hbond substituents is 1. The van der Waals surface area contributed by atoms with Crippen LogP contribution in [0.15, 0.2) is 47.4 Å². The first kappa shape index (κ1) is 15.8. The molecule has 4 N–H and O–H groups in total. The molecule has 0 saturated carbocycles. The third-order valence-corrected chi connectivity index (χ3v) is 2.76. The minimum Gasteiger partial charge on any atom is -0.512 e. The number of benzene rings is 1. The Morgan fingerprint density at radius 1 is 1.20 bits per heavy atom. The maximum Gasteiger partial charge on any atom is 0.170 e. The van der Waals surface area contributed by atoms with Crippen LogP contribution in [0.2, 0.25) is 0 Å². The summed E-state index contributed by atoms with van der Waals surface area (Å²) in [6.07, 6.45) is 1.57. The molecule has 1 rings (SSSR count). The highest BCUT2D eigenvalue weighted by molar-refractivity contribution is 5.99. The van der Waals surface area contributed by atoms with Crippen LogP contribution in [0.4, 0.5) is 0 Å². The van der Waals surface area contributed by atoms with Crippen molar-refractivity contribution in [2.24, 2.45) is 0 Å². The van der Waals surface area contributed by atoms with Crippen molar-refractivity contribution < 1.29 is 25.2 Å². The zero-order valence-corrected chi connectivity index (χ0v) is 11.2. The summed E-state index contributed by atoms with van der Waals surface area (Å²) < 4.78 is 0. The predicted molar refractivity (Wildman–Crippen MR) is 74.6 cm³/mol. The lowest BCUT2D eigenvalue weighted by Gasteiger charge is -2.07. The SMILES string of the molecule is C/C(O)=C(C(=O)CCc1ccc(O)cc1)\C(O)=C/CO. The molecule has 20 heavy (non-hydrogen) atoms. The summed E-state index contributed by atoms with van der Waals surface area (Å²) in [5, 5.41) is 36.9. The number of phenols is 1. The van der Waals surface area contributed by atoms with Gasteiger partial charge in [0.2, 0.25) is 0 Å². The van der Waals surface area contributed by atoms with E-state index >= 15 is 0 Å². The molecule has 0 saturated heterocycles. The lowest BCUT2D eigenvalue weighted by Crippen LogP contribution is -2.09. The van der Waals surface area contributed by atoms with Gasteiger partial charge in [-0.2, -0.15) is 0 Å². The summed E-state index contributed by atoms with van der Waals surface area (Å²) in [5.74, 6) is -0.984. The molecule has 0 amide bonds. The highest BCUT2D eigenvalue weighted by atomic mass is 16.3. The molecule has 0 heterocycles. The molecule has 0 fully saturated rings. The van der Waals surface area contributed by atoms with Crippen LogP contribution in [0.25, 0.3) is 0 Å². The Labute approximate surface area is 117 Å². The number of carbonyl (C=O) groups excluding carboxylic acids is 1. The second-order valence-corrected chi connectivity index (χ2v) is 4.32. The average molecular weight is 278 g/mol. The Morgan fingerprint density at radius 3 is 2.30 bits per heavy atom. The van der Waals surface area contributed by atoms with E-state index in [1.807, 2.05) is 0 Å². The fourth-order valence-electron chi connectivity index (χ4n) is 1.76. The van der Waals surface area contributed by atoms with Crippen LogP contribution in [0.1, 0.15) is 18.9 Å². The molecule has 0 aromatic heterocycles. The number of aromatic hydroxyl groups is 1. The summed E-state index contributed by atoms with van der Waals surface area (Å²) in [5.41, 5.74) is 0.676. The van der Waals surface area contributed by atoms with Gasteiger partial charge < -0.3 is 20.4 Å². The Bertz CT molecular complexity index is 522. The van der Waals surface area contributed by atoms with Crippen molar-refractivity contribution in [2.75, 3.05) is 6.61 Å². The third-order valence-electron chi connectivity index (χ3n) is 2.76. The van der Waals surface area contributed by atoms with Crippen LogP contribution < -0.4 is 0 Å². The minimum absolute atomic E-state index is 0.0985. The van der Waals surface area contributed by atoms with Crippen LogP contribution in [0, 0.1) is 0 Å². The summed E-state index contributed by atoms with van der Waals surface area (Å²) in [6, 6.07) is 6.44. The molecular weight excluding hydrogens is 260 g/mol. The number of Topliss-reactive ketones (excluding diaryl/α,β-unsaturated/α-hetero) is 1. The lowest BCUT2D eigenvalue weighted by molar-refractivity contribution is -0.115. The first-order valence-corrected chi connectivity index (χ1v) is 6.17. The number of hydrogen-bond donors (Lipinski definition) is 4. The molecule has 5 nitrogen and oxygen atoms in total.